The van der Waals surface area contributed by atoms with Crippen LogP contribution in [0, 0.1) is 30.9 Å². The van der Waals surface area contributed by atoms with E-state index in [0.29, 0.717) is 6.54 Å². The van der Waals surface area contributed by atoms with Gasteiger partial charge in [-0.2, -0.15) is 0 Å². The van der Waals surface area contributed by atoms with E-state index in [9.17, 15) is 10.1 Å². The van der Waals surface area contributed by atoms with Gasteiger partial charge in [-0.15, -0.1) is 0 Å². The highest BCUT2D eigenvalue weighted by Crippen LogP contribution is 2.21. The molecule has 0 atom stereocenters. The van der Waals surface area contributed by atoms with Crippen LogP contribution in [0.1, 0.15) is 22.6 Å². The molecule has 0 saturated carbocycles. The maximum absolute atomic E-state index is 10.7. The molecule has 1 aromatic carbocycles. The minimum absolute atomic E-state index is 0.0979. The van der Waals surface area contributed by atoms with Crippen molar-refractivity contribution in [3.63, 3.8) is 0 Å². The SMILES string of the molecule is Cc1cc(C)c2nc(C)n(Cc3ccc([N+](=O)[O-])cc3)c2n1. The number of aryl methyl sites for hydroxylation is 3. The number of nitrogens with zero attached hydrogens (tertiary/aromatic N) is 4. The number of non-ortho nitro benzene ring substituents is 1. The second kappa shape index (κ2) is 5.22. The van der Waals surface area contributed by atoms with E-state index in [4.69, 9.17) is 0 Å². The topological polar surface area (TPSA) is 73.8 Å². The Morgan fingerprint density at radius 1 is 1.14 bits per heavy atom. The number of hydrogen-bond donors (Lipinski definition) is 0. The van der Waals surface area contributed by atoms with Gasteiger partial charge in [0, 0.05) is 17.8 Å². The molecular formula is C16H16N4O2. The number of imidazole rings is 1. The van der Waals surface area contributed by atoms with Crippen LogP contribution in [-0.4, -0.2) is 19.5 Å². The summed E-state index contributed by atoms with van der Waals surface area (Å²) in [6.45, 7) is 6.53. The normalized spacial score (nSPS) is 11.0. The van der Waals surface area contributed by atoms with Crippen molar-refractivity contribution in [1.29, 1.82) is 0 Å². The van der Waals surface area contributed by atoms with Crippen molar-refractivity contribution in [1.82, 2.24) is 14.5 Å². The summed E-state index contributed by atoms with van der Waals surface area (Å²) in [5.74, 6) is 0.884. The van der Waals surface area contributed by atoms with Gasteiger partial charge in [-0.25, -0.2) is 9.97 Å². The molecule has 0 radical (unpaired) electrons. The third-order valence-corrected chi connectivity index (χ3v) is 3.70. The number of hydrogen-bond acceptors (Lipinski definition) is 4. The van der Waals surface area contributed by atoms with Crippen LogP contribution in [-0.2, 0) is 6.54 Å². The Balaban J connectivity index is 2.03. The van der Waals surface area contributed by atoms with Gasteiger partial charge < -0.3 is 4.57 Å². The van der Waals surface area contributed by atoms with Gasteiger partial charge in [-0.3, -0.25) is 10.1 Å². The first-order valence-corrected chi connectivity index (χ1v) is 7.00. The second-order valence-electron chi connectivity index (χ2n) is 5.42. The lowest BCUT2D eigenvalue weighted by atomic mass is 10.2. The minimum atomic E-state index is -0.393. The Hall–Kier alpha value is -2.76. The quantitative estimate of drug-likeness (QED) is 0.549. The zero-order chi connectivity index (χ0) is 15.9. The van der Waals surface area contributed by atoms with E-state index in [1.165, 1.54) is 12.1 Å². The van der Waals surface area contributed by atoms with Crippen LogP contribution in [0.3, 0.4) is 0 Å². The van der Waals surface area contributed by atoms with Crippen molar-refractivity contribution >= 4 is 16.9 Å². The first kappa shape index (κ1) is 14.2. The van der Waals surface area contributed by atoms with Crippen LogP contribution in [0.2, 0.25) is 0 Å². The average molecular weight is 296 g/mol. The lowest BCUT2D eigenvalue weighted by molar-refractivity contribution is -0.384. The Morgan fingerprint density at radius 2 is 1.82 bits per heavy atom. The first-order chi connectivity index (χ1) is 10.5. The molecule has 112 valence electrons. The molecular weight excluding hydrogens is 280 g/mol. The van der Waals surface area contributed by atoms with E-state index < -0.39 is 4.92 Å². The molecule has 0 saturated heterocycles. The highest BCUT2D eigenvalue weighted by atomic mass is 16.6. The van der Waals surface area contributed by atoms with Gasteiger partial charge in [0.2, 0.25) is 0 Å². The number of aromatic nitrogens is 3. The molecule has 0 amide bonds. The van der Waals surface area contributed by atoms with Gasteiger partial charge in [0.25, 0.3) is 5.69 Å². The maximum atomic E-state index is 10.7. The number of nitro benzene ring substituents is 1. The first-order valence-electron chi connectivity index (χ1n) is 7.00. The lowest BCUT2D eigenvalue weighted by Gasteiger charge is -2.07. The zero-order valence-electron chi connectivity index (χ0n) is 12.7. The fraction of sp³-hybridized carbons (Fsp3) is 0.250. The molecule has 2 heterocycles. The van der Waals surface area contributed by atoms with Crippen molar-refractivity contribution in [3.8, 4) is 0 Å². The van der Waals surface area contributed by atoms with E-state index in [-0.39, 0.29) is 5.69 Å². The van der Waals surface area contributed by atoms with Crippen molar-refractivity contribution in [3.05, 3.63) is 63.1 Å². The summed E-state index contributed by atoms with van der Waals surface area (Å²) >= 11 is 0. The molecule has 3 rings (SSSR count). The molecule has 0 spiro atoms. The Morgan fingerprint density at radius 3 is 2.45 bits per heavy atom. The van der Waals surface area contributed by atoms with Crippen molar-refractivity contribution in [2.75, 3.05) is 0 Å². The summed E-state index contributed by atoms with van der Waals surface area (Å²) in [6, 6.07) is 8.60. The third-order valence-electron chi connectivity index (χ3n) is 3.70. The second-order valence-corrected chi connectivity index (χ2v) is 5.42. The van der Waals surface area contributed by atoms with Gasteiger partial charge in [-0.05, 0) is 38.0 Å². The van der Waals surface area contributed by atoms with Gasteiger partial charge in [0.1, 0.15) is 11.3 Å². The van der Waals surface area contributed by atoms with Crippen molar-refractivity contribution in [2.45, 2.75) is 27.3 Å². The number of benzene rings is 1. The van der Waals surface area contributed by atoms with Crippen LogP contribution in [0.25, 0.3) is 11.2 Å². The summed E-state index contributed by atoms with van der Waals surface area (Å²) in [5, 5.41) is 10.7. The molecule has 6 nitrogen and oxygen atoms in total. The number of fused-ring (bicyclic) bond motifs is 1. The standard InChI is InChI=1S/C16H16N4O2/c1-10-8-11(2)17-16-15(10)18-12(3)19(16)9-13-4-6-14(7-5-13)20(21)22/h4-8H,9H2,1-3H3. The Labute approximate surface area is 127 Å². The summed E-state index contributed by atoms with van der Waals surface area (Å²) in [6.07, 6.45) is 0. The molecule has 0 aliphatic heterocycles. The molecule has 2 aromatic heterocycles. The van der Waals surface area contributed by atoms with Gasteiger partial charge in [0.05, 0.1) is 11.5 Å². The molecule has 0 N–H and O–H groups in total. The lowest BCUT2D eigenvalue weighted by Crippen LogP contribution is -2.03. The average Bonchev–Trinajstić information content (AvgIpc) is 2.77. The molecule has 6 heteroatoms. The molecule has 22 heavy (non-hydrogen) atoms. The van der Waals surface area contributed by atoms with Crippen LogP contribution < -0.4 is 0 Å². The fourth-order valence-corrected chi connectivity index (χ4v) is 2.61. The minimum Gasteiger partial charge on any atom is -0.308 e. The third kappa shape index (κ3) is 2.43. The highest BCUT2D eigenvalue weighted by Gasteiger charge is 2.12. The molecule has 3 aromatic rings. The number of nitro groups is 1. The van der Waals surface area contributed by atoms with Gasteiger partial charge >= 0.3 is 0 Å². The molecule has 0 aliphatic carbocycles. The number of rotatable bonds is 3. The molecule has 0 bridgehead atoms. The van der Waals surface area contributed by atoms with Crippen molar-refractivity contribution < 1.29 is 4.92 Å². The van der Waals surface area contributed by atoms with E-state index in [1.54, 1.807) is 12.1 Å². The fourth-order valence-electron chi connectivity index (χ4n) is 2.61. The van der Waals surface area contributed by atoms with Crippen LogP contribution >= 0.6 is 0 Å². The Bertz CT molecular complexity index is 866. The van der Waals surface area contributed by atoms with Gasteiger partial charge in [-0.1, -0.05) is 12.1 Å². The predicted molar refractivity (Wildman–Crippen MR) is 83.9 cm³/mol. The van der Waals surface area contributed by atoms with E-state index in [1.807, 2.05) is 31.4 Å². The summed E-state index contributed by atoms with van der Waals surface area (Å²) in [5.41, 5.74) is 4.90. The largest absolute Gasteiger partial charge is 0.308 e. The van der Waals surface area contributed by atoms with E-state index >= 15 is 0 Å². The smallest absolute Gasteiger partial charge is 0.269 e. The summed E-state index contributed by atoms with van der Waals surface area (Å²) in [7, 11) is 0. The zero-order valence-corrected chi connectivity index (χ0v) is 12.7. The molecule has 0 aliphatic rings. The van der Waals surface area contributed by atoms with Crippen LogP contribution in [0.15, 0.2) is 30.3 Å². The summed E-state index contributed by atoms with van der Waals surface area (Å²) in [4.78, 5) is 19.5. The summed E-state index contributed by atoms with van der Waals surface area (Å²) < 4.78 is 2.04. The van der Waals surface area contributed by atoms with Gasteiger partial charge in [0.15, 0.2) is 5.65 Å². The maximum Gasteiger partial charge on any atom is 0.269 e. The number of pyridine rings is 1. The molecule has 0 fully saturated rings. The van der Waals surface area contributed by atoms with E-state index in [0.717, 1.165) is 33.8 Å². The van der Waals surface area contributed by atoms with Crippen LogP contribution in [0.4, 0.5) is 5.69 Å². The molecule has 0 unspecified atom stereocenters. The Kier molecular flexibility index (Phi) is 3.36. The van der Waals surface area contributed by atoms with Crippen molar-refractivity contribution in [2.24, 2.45) is 0 Å². The van der Waals surface area contributed by atoms with E-state index in [2.05, 4.69) is 9.97 Å². The highest BCUT2D eigenvalue weighted by molar-refractivity contribution is 5.75. The van der Waals surface area contributed by atoms with Crippen LogP contribution in [0.5, 0.6) is 0 Å². The predicted octanol–water partition coefficient (Wildman–Crippen LogP) is 3.31. The monoisotopic (exact) mass is 296 g/mol.